The van der Waals surface area contributed by atoms with E-state index >= 15 is 0 Å². The number of nitrogens with two attached hydrogens (primary N) is 1. The van der Waals surface area contributed by atoms with Crippen LogP contribution >= 0.6 is 11.8 Å². The van der Waals surface area contributed by atoms with Crippen molar-refractivity contribution < 1.29 is 9.18 Å². The number of nitrogens with zero attached hydrogens (tertiary/aromatic N) is 3. The number of carbonyl (C=O) groups excluding carboxylic acids is 1. The molecule has 1 aromatic carbocycles. The third-order valence-corrected chi connectivity index (χ3v) is 4.94. The summed E-state index contributed by atoms with van der Waals surface area (Å²) in [7, 11) is 0. The van der Waals surface area contributed by atoms with Crippen molar-refractivity contribution in [2.75, 3.05) is 17.2 Å². The van der Waals surface area contributed by atoms with Crippen LogP contribution in [0, 0.1) is 5.82 Å². The number of aromatic nitrogens is 2. The predicted molar refractivity (Wildman–Crippen MR) is 101 cm³/mol. The summed E-state index contributed by atoms with van der Waals surface area (Å²) in [6.45, 7) is 3.30. The Hall–Kier alpha value is -2.81. The van der Waals surface area contributed by atoms with Gasteiger partial charge in [0.05, 0.1) is 6.54 Å². The van der Waals surface area contributed by atoms with E-state index in [0.717, 1.165) is 18.9 Å². The second kappa shape index (κ2) is 6.17. The van der Waals surface area contributed by atoms with Crippen LogP contribution in [0.3, 0.4) is 0 Å². The quantitative estimate of drug-likeness (QED) is 0.769. The molecule has 2 aliphatic rings. The van der Waals surface area contributed by atoms with Gasteiger partial charge in [-0.15, -0.1) is 0 Å². The topological polar surface area (TPSA) is 97.3 Å². The minimum atomic E-state index is -0.917. The van der Waals surface area contributed by atoms with Gasteiger partial charge in [-0.3, -0.25) is 4.79 Å². The molecule has 134 valence electrons. The Labute approximate surface area is 153 Å². The molecule has 0 saturated heterocycles. The van der Waals surface area contributed by atoms with Crippen LogP contribution < -0.4 is 16.4 Å². The summed E-state index contributed by atoms with van der Waals surface area (Å²) in [5.41, 5.74) is 5.97. The summed E-state index contributed by atoms with van der Waals surface area (Å²) in [6.07, 6.45) is 1.78. The maximum atomic E-state index is 14.4. The van der Waals surface area contributed by atoms with Crippen molar-refractivity contribution in [2.45, 2.75) is 19.0 Å². The monoisotopic (exact) mass is 372 g/mol. The number of anilines is 2. The summed E-state index contributed by atoms with van der Waals surface area (Å²) >= 11 is 1.28. The Morgan fingerprint density at radius 3 is 3.08 bits per heavy atom. The number of aliphatic imine (C=N–C) groups is 1. The fourth-order valence-electron chi connectivity index (χ4n) is 3.00. The van der Waals surface area contributed by atoms with Gasteiger partial charge in [0.1, 0.15) is 17.2 Å². The second-order valence-electron chi connectivity index (χ2n) is 6.23. The number of amides is 1. The Kier molecular flexibility index (Phi) is 3.95. The highest BCUT2D eigenvalue weighted by Crippen LogP contribution is 2.35. The zero-order valence-corrected chi connectivity index (χ0v) is 14.8. The van der Waals surface area contributed by atoms with E-state index < -0.39 is 11.4 Å². The fourth-order valence-corrected chi connectivity index (χ4v) is 3.71. The van der Waals surface area contributed by atoms with Gasteiger partial charge in [0.15, 0.2) is 10.9 Å². The van der Waals surface area contributed by atoms with Gasteiger partial charge < -0.3 is 16.4 Å². The molecule has 1 aromatic heterocycles. The Balaban J connectivity index is 1.60. The van der Waals surface area contributed by atoms with E-state index in [1.54, 1.807) is 35.2 Å². The third kappa shape index (κ3) is 2.94. The van der Waals surface area contributed by atoms with Gasteiger partial charge >= 0.3 is 0 Å². The summed E-state index contributed by atoms with van der Waals surface area (Å²) in [6, 6.07) is 6.09. The van der Waals surface area contributed by atoms with Gasteiger partial charge in [-0.05, 0) is 36.6 Å². The highest BCUT2D eigenvalue weighted by molar-refractivity contribution is 8.16. The molecule has 0 saturated carbocycles. The average molecular weight is 372 g/mol. The highest BCUT2D eigenvalue weighted by atomic mass is 32.2. The molecule has 7 nitrogen and oxygen atoms in total. The van der Waals surface area contributed by atoms with Gasteiger partial charge in [0.25, 0.3) is 5.91 Å². The minimum absolute atomic E-state index is 0.306. The van der Waals surface area contributed by atoms with E-state index in [-0.39, 0.29) is 5.91 Å². The van der Waals surface area contributed by atoms with Gasteiger partial charge in [-0.1, -0.05) is 11.8 Å². The number of rotatable bonds is 3. The summed E-state index contributed by atoms with van der Waals surface area (Å²) in [5.74, 6) is 0.0510. The average Bonchev–Trinajstić information content (AvgIpc) is 3.18. The molecule has 0 bridgehead atoms. The lowest BCUT2D eigenvalue weighted by molar-refractivity contribution is 0.102. The number of thioether (sulfide) groups is 1. The first-order valence-corrected chi connectivity index (χ1v) is 8.95. The maximum Gasteiger partial charge on any atom is 0.276 e. The van der Waals surface area contributed by atoms with Crippen molar-refractivity contribution in [1.29, 1.82) is 0 Å². The third-order valence-electron chi connectivity index (χ3n) is 4.34. The van der Waals surface area contributed by atoms with Crippen LogP contribution in [0.2, 0.25) is 0 Å². The predicted octanol–water partition coefficient (Wildman–Crippen LogP) is 2.49. The summed E-state index contributed by atoms with van der Waals surface area (Å²) in [4.78, 5) is 16.8. The number of carbonyl (C=O) groups is 1. The van der Waals surface area contributed by atoms with E-state index in [0.29, 0.717) is 22.1 Å². The van der Waals surface area contributed by atoms with Gasteiger partial charge in [-0.2, -0.15) is 5.10 Å². The molecule has 0 spiro atoms. The van der Waals surface area contributed by atoms with Crippen LogP contribution in [0.4, 0.5) is 15.9 Å². The number of hydrogen-bond acceptors (Lipinski definition) is 6. The zero-order chi connectivity index (χ0) is 18.3. The molecule has 1 atom stereocenters. The molecule has 0 radical (unpaired) electrons. The van der Waals surface area contributed by atoms with Crippen LogP contribution in [-0.2, 0) is 12.1 Å². The molecule has 9 heteroatoms. The van der Waals surface area contributed by atoms with Gasteiger partial charge in [0.2, 0.25) is 0 Å². The Morgan fingerprint density at radius 1 is 1.46 bits per heavy atom. The molecule has 0 unspecified atom stereocenters. The van der Waals surface area contributed by atoms with Crippen molar-refractivity contribution in [3.8, 4) is 0 Å². The standard InChI is InChI=1S/C17H17FN6OS/c1-17(4-7-26-16(19)22-17)11-8-10(2-3-12(11)18)21-15(25)13-9-14-20-5-6-24(14)23-13/h2-4,7-9,20H,5-6H2,1H3,(H2,19,22)(H,21,25)/t17-/m0/s1. The molecule has 4 rings (SSSR count). The lowest BCUT2D eigenvalue weighted by atomic mass is 9.92. The SMILES string of the molecule is C[C@@]1(c2cc(NC(=O)c3cc4n(n3)CCN4)ccc2F)C=CSC(N)=N1. The zero-order valence-electron chi connectivity index (χ0n) is 14.0. The van der Waals surface area contributed by atoms with Crippen molar-refractivity contribution in [1.82, 2.24) is 9.78 Å². The Morgan fingerprint density at radius 2 is 2.31 bits per heavy atom. The number of benzene rings is 1. The first-order valence-electron chi connectivity index (χ1n) is 8.07. The van der Waals surface area contributed by atoms with Gasteiger partial charge in [-0.25, -0.2) is 14.1 Å². The lowest BCUT2D eigenvalue weighted by Gasteiger charge is -2.26. The first kappa shape index (κ1) is 16.6. The number of hydrogen-bond donors (Lipinski definition) is 3. The number of halogens is 1. The van der Waals surface area contributed by atoms with E-state index in [1.807, 2.05) is 0 Å². The molecule has 26 heavy (non-hydrogen) atoms. The molecule has 0 aliphatic carbocycles. The van der Waals surface area contributed by atoms with Crippen molar-refractivity contribution in [2.24, 2.45) is 10.7 Å². The van der Waals surface area contributed by atoms with Crippen molar-refractivity contribution in [3.63, 3.8) is 0 Å². The summed E-state index contributed by atoms with van der Waals surface area (Å²) < 4.78 is 16.2. The molecule has 0 fully saturated rings. The fraction of sp³-hybridized carbons (Fsp3) is 0.235. The normalized spacial score (nSPS) is 21.1. The highest BCUT2D eigenvalue weighted by Gasteiger charge is 2.29. The van der Waals surface area contributed by atoms with E-state index in [1.165, 1.54) is 23.9 Å². The Bertz CT molecular complexity index is 931. The molecule has 2 aliphatic heterocycles. The van der Waals surface area contributed by atoms with Crippen LogP contribution in [0.25, 0.3) is 0 Å². The number of amidine groups is 1. The van der Waals surface area contributed by atoms with E-state index in [4.69, 9.17) is 5.73 Å². The first-order chi connectivity index (χ1) is 12.4. The molecule has 3 heterocycles. The van der Waals surface area contributed by atoms with Crippen LogP contribution in [0.5, 0.6) is 0 Å². The number of fused-ring (bicyclic) bond motifs is 1. The lowest BCUT2D eigenvalue weighted by Crippen LogP contribution is -2.25. The van der Waals surface area contributed by atoms with Crippen LogP contribution in [0.1, 0.15) is 23.0 Å². The minimum Gasteiger partial charge on any atom is -0.378 e. The second-order valence-corrected chi connectivity index (χ2v) is 7.16. The molecule has 2 aromatic rings. The maximum absolute atomic E-state index is 14.4. The number of nitrogens with one attached hydrogen (secondary N) is 2. The van der Waals surface area contributed by atoms with Gasteiger partial charge in [0, 0.05) is 23.9 Å². The molecular weight excluding hydrogens is 355 g/mol. The van der Waals surface area contributed by atoms with E-state index in [9.17, 15) is 9.18 Å². The summed E-state index contributed by atoms with van der Waals surface area (Å²) in [5, 5.41) is 12.3. The smallest absolute Gasteiger partial charge is 0.276 e. The molecule has 1 amide bonds. The largest absolute Gasteiger partial charge is 0.378 e. The molecule has 4 N–H and O–H groups in total. The van der Waals surface area contributed by atoms with Crippen molar-refractivity contribution >= 4 is 34.3 Å². The van der Waals surface area contributed by atoms with Crippen LogP contribution in [-0.4, -0.2) is 27.4 Å². The molecular formula is C17H17FN6OS. The van der Waals surface area contributed by atoms with E-state index in [2.05, 4.69) is 20.7 Å². The van der Waals surface area contributed by atoms with Crippen LogP contribution in [0.15, 0.2) is 40.7 Å². The van der Waals surface area contributed by atoms with Crippen molar-refractivity contribution in [3.05, 3.63) is 52.8 Å².